The molecule has 1 aliphatic heterocycles. The molecule has 0 aromatic heterocycles. The van der Waals surface area contributed by atoms with E-state index in [2.05, 4.69) is 36.8 Å². The average Bonchev–Trinajstić information content (AvgIpc) is 3.11. The summed E-state index contributed by atoms with van der Waals surface area (Å²) in [5.41, 5.74) is 7.10. The van der Waals surface area contributed by atoms with Crippen molar-refractivity contribution in [2.45, 2.75) is 84.5 Å². The summed E-state index contributed by atoms with van der Waals surface area (Å²) in [5, 5.41) is 0. The van der Waals surface area contributed by atoms with Crippen LogP contribution in [0.2, 0.25) is 0 Å². The lowest BCUT2D eigenvalue weighted by Gasteiger charge is -2.31. The van der Waals surface area contributed by atoms with Gasteiger partial charge in [-0.1, -0.05) is 44.5 Å². The van der Waals surface area contributed by atoms with E-state index >= 15 is 0 Å². The van der Waals surface area contributed by atoms with Crippen LogP contribution in [0.25, 0.3) is 0 Å². The SMILES string of the molecule is CCOC(=O)CSCC(C)(C)CCCC(C)(C(=O)NNC)c1cccc(CC2COC(C)(C)O2)c1. The molecule has 0 aliphatic carbocycles. The number of benzene rings is 1. The van der Waals surface area contributed by atoms with Gasteiger partial charge < -0.3 is 14.2 Å². The fourth-order valence-corrected chi connectivity index (χ4v) is 5.46. The molecule has 1 amide bonds. The Morgan fingerprint density at radius 3 is 2.60 bits per heavy atom. The van der Waals surface area contributed by atoms with Crippen molar-refractivity contribution in [3.8, 4) is 0 Å². The Balaban J connectivity index is 2.04. The maximum Gasteiger partial charge on any atom is 0.315 e. The van der Waals surface area contributed by atoms with Crippen molar-refractivity contribution in [1.29, 1.82) is 0 Å². The van der Waals surface area contributed by atoms with E-state index < -0.39 is 11.2 Å². The van der Waals surface area contributed by atoms with Gasteiger partial charge in [0.05, 0.1) is 30.5 Å². The van der Waals surface area contributed by atoms with Crippen molar-refractivity contribution in [1.82, 2.24) is 10.9 Å². The van der Waals surface area contributed by atoms with Crippen molar-refractivity contribution in [3.63, 3.8) is 0 Å². The van der Waals surface area contributed by atoms with Crippen LogP contribution < -0.4 is 10.9 Å². The molecule has 0 radical (unpaired) electrons. The molecular weight excluding hydrogens is 464 g/mol. The minimum atomic E-state index is -0.681. The molecule has 1 aliphatic rings. The highest BCUT2D eigenvalue weighted by Crippen LogP contribution is 2.35. The maximum absolute atomic E-state index is 13.2. The van der Waals surface area contributed by atoms with E-state index in [-0.39, 0.29) is 23.4 Å². The van der Waals surface area contributed by atoms with Gasteiger partial charge in [-0.25, -0.2) is 5.43 Å². The Hall–Kier alpha value is -1.61. The lowest BCUT2D eigenvalue weighted by Crippen LogP contribution is -2.47. The van der Waals surface area contributed by atoms with E-state index in [4.69, 9.17) is 14.2 Å². The van der Waals surface area contributed by atoms with Gasteiger partial charge >= 0.3 is 5.97 Å². The summed E-state index contributed by atoms with van der Waals surface area (Å²) < 4.78 is 16.7. The summed E-state index contributed by atoms with van der Waals surface area (Å²) in [5.74, 6) is 0.473. The van der Waals surface area contributed by atoms with Crippen LogP contribution in [-0.2, 0) is 35.6 Å². The molecule has 0 saturated carbocycles. The fourth-order valence-electron chi connectivity index (χ4n) is 4.41. The molecule has 198 valence electrons. The van der Waals surface area contributed by atoms with Gasteiger partial charge in [-0.2, -0.15) is 0 Å². The fraction of sp³-hybridized carbons (Fsp3) is 0.704. The Labute approximate surface area is 215 Å². The minimum Gasteiger partial charge on any atom is -0.465 e. The third-order valence-corrected chi connectivity index (χ3v) is 7.81. The number of ether oxygens (including phenoxy) is 3. The maximum atomic E-state index is 13.2. The van der Waals surface area contributed by atoms with Crippen molar-refractivity contribution < 1.29 is 23.8 Å². The van der Waals surface area contributed by atoms with Gasteiger partial charge in [-0.05, 0) is 62.8 Å². The molecule has 1 saturated heterocycles. The molecule has 1 aromatic rings. The standard InChI is InChI=1S/C27H44N2O5S/c1-8-32-23(30)18-35-19-25(2,3)13-10-14-27(6,24(31)29-28-7)21-12-9-11-20(15-21)16-22-17-33-26(4,5)34-22/h9,11-12,15,22,28H,8,10,13-14,16-19H2,1-7H3,(H,29,31). The lowest BCUT2D eigenvalue weighted by atomic mass is 9.75. The Morgan fingerprint density at radius 2 is 1.97 bits per heavy atom. The molecule has 0 spiro atoms. The first kappa shape index (κ1) is 29.6. The molecule has 1 aromatic carbocycles. The summed E-state index contributed by atoms with van der Waals surface area (Å²) in [6.07, 6.45) is 3.30. The van der Waals surface area contributed by atoms with E-state index in [1.54, 1.807) is 18.8 Å². The largest absolute Gasteiger partial charge is 0.465 e. The zero-order chi connectivity index (χ0) is 26.1. The molecule has 0 bridgehead atoms. The van der Waals surface area contributed by atoms with Crippen molar-refractivity contribution in [2.24, 2.45) is 5.41 Å². The Kier molecular flexibility index (Phi) is 11.1. The summed E-state index contributed by atoms with van der Waals surface area (Å²) in [6, 6.07) is 8.27. The van der Waals surface area contributed by atoms with Crippen molar-refractivity contribution in [3.05, 3.63) is 35.4 Å². The van der Waals surface area contributed by atoms with Crippen LogP contribution in [0.15, 0.2) is 24.3 Å². The third kappa shape index (κ3) is 9.41. The smallest absolute Gasteiger partial charge is 0.315 e. The topological polar surface area (TPSA) is 85.9 Å². The molecule has 8 heteroatoms. The number of thioether (sulfide) groups is 1. The van der Waals surface area contributed by atoms with E-state index in [1.807, 2.05) is 39.8 Å². The number of amides is 1. The molecule has 2 rings (SSSR count). The predicted molar refractivity (Wildman–Crippen MR) is 141 cm³/mol. The van der Waals surface area contributed by atoms with Crippen molar-refractivity contribution >= 4 is 23.6 Å². The van der Waals surface area contributed by atoms with E-state index in [1.165, 1.54) is 0 Å². The summed E-state index contributed by atoms with van der Waals surface area (Å²) in [6.45, 7) is 13.1. The lowest BCUT2D eigenvalue weighted by molar-refractivity contribution is -0.140. The number of hydrogen-bond donors (Lipinski definition) is 2. The number of nitrogens with one attached hydrogen (secondary N) is 2. The van der Waals surface area contributed by atoms with Crippen LogP contribution in [0.5, 0.6) is 0 Å². The molecule has 2 atom stereocenters. The number of hydrogen-bond acceptors (Lipinski definition) is 7. The highest BCUT2D eigenvalue weighted by atomic mass is 32.2. The van der Waals surface area contributed by atoms with E-state index in [0.717, 1.165) is 36.1 Å². The van der Waals surface area contributed by atoms with Crippen LogP contribution in [-0.4, -0.2) is 55.5 Å². The zero-order valence-electron chi connectivity index (χ0n) is 22.5. The monoisotopic (exact) mass is 508 g/mol. The second-order valence-electron chi connectivity index (χ2n) is 10.7. The number of hydrazine groups is 1. The number of carbonyl (C=O) groups excluding carboxylic acids is 2. The molecule has 1 heterocycles. The normalized spacial score (nSPS) is 19.2. The molecule has 2 N–H and O–H groups in total. The molecule has 7 nitrogen and oxygen atoms in total. The van der Waals surface area contributed by atoms with Crippen molar-refractivity contribution in [2.75, 3.05) is 31.8 Å². The summed E-state index contributed by atoms with van der Waals surface area (Å²) in [4.78, 5) is 24.8. The van der Waals surface area contributed by atoms with E-state index in [9.17, 15) is 9.59 Å². The molecule has 1 fully saturated rings. The molecule has 35 heavy (non-hydrogen) atoms. The van der Waals surface area contributed by atoms with Gasteiger partial charge in [0, 0.05) is 13.5 Å². The molecule has 2 unspecified atom stereocenters. The Morgan fingerprint density at radius 1 is 1.23 bits per heavy atom. The van der Waals surface area contributed by atoms with Crippen LogP contribution in [0.1, 0.15) is 71.9 Å². The summed E-state index contributed by atoms with van der Waals surface area (Å²) >= 11 is 1.61. The quantitative estimate of drug-likeness (QED) is 0.285. The first-order valence-electron chi connectivity index (χ1n) is 12.5. The van der Waals surface area contributed by atoms with E-state index in [0.29, 0.717) is 25.4 Å². The second kappa shape index (κ2) is 13.1. The van der Waals surface area contributed by atoms with Gasteiger partial charge in [0.25, 0.3) is 0 Å². The number of rotatable bonds is 14. The van der Waals surface area contributed by atoms with Crippen LogP contribution in [0.4, 0.5) is 0 Å². The highest BCUT2D eigenvalue weighted by molar-refractivity contribution is 7.99. The van der Waals surface area contributed by atoms with Crippen LogP contribution >= 0.6 is 11.8 Å². The first-order valence-corrected chi connectivity index (χ1v) is 13.7. The number of carbonyl (C=O) groups is 2. The van der Waals surface area contributed by atoms with Gasteiger partial charge in [-0.15, -0.1) is 11.8 Å². The van der Waals surface area contributed by atoms with Crippen LogP contribution in [0, 0.1) is 5.41 Å². The van der Waals surface area contributed by atoms with Gasteiger partial charge in [0.2, 0.25) is 5.91 Å². The van der Waals surface area contributed by atoms with Crippen LogP contribution in [0.3, 0.4) is 0 Å². The van der Waals surface area contributed by atoms with Gasteiger partial charge in [0.1, 0.15) is 0 Å². The second-order valence-corrected chi connectivity index (χ2v) is 11.7. The number of esters is 1. The first-order chi connectivity index (χ1) is 16.4. The zero-order valence-corrected chi connectivity index (χ0v) is 23.3. The molecular formula is C27H44N2O5S. The average molecular weight is 509 g/mol. The van der Waals surface area contributed by atoms with Gasteiger partial charge in [-0.3, -0.25) is 15.0 Å². The highest BCUT2D eigenvalue weighted by Gasteiger charge is 2.36. The predicted octanol–water partition coefficient (Wildman–Crippen LogP) is 4.38. The third-order valence-electron chi connectivity index (χ3n) is 6.38. The Bertz CT molecular complexity index is 845. The summed E-state index contributed by atoms with van der Waals surface area (Å²) in [7, 11) is 1.71. The van der Waals surface area contributed by atoms with Gasteiger partial charge in [0.15, 0.2) is 5.79 Å². The minimum absolute atomic E-state index is 0.00514.